The number of hydrogen-bond acceptors (Lipinski definition) is 3. The molecule has 0 atom stereocenters. The summed E-state index contributed by atoms with van der Waals surface area (Å²) in [6, 6.07) is 6.21. The summed E-state index contributed by atoms with van der Waals surface area (Å²) in [5, 5.41) is 11.9. The molecule has 3 fully saturated rings. The van der Waals surface area contributed by atoms with Gasteiger partial charge in [-0.2, -0.15) is 0 Å². The van der Waals surface area contributed by atoms with Crippen molar-refractivity contribution in [1.29, 1.82) is 0 Å². The van der Waals surface area contributed by atoms with Gasteiger partial charge in [-0.05, 0) is 42.9 Å². The molecule has 112 valence electrons. The van der Waals surface area contributed by atoms with Gasteiger partial charge in [-0.25, -0.2) is 4.79 Å². The van der Waals surface area contributed by atoms with Crippen LogP contribution in [0.5, 0.6) is 5.75 Å². The van der Waals surface area contributed by atoms with Crippen LogP contribution in [-0.4, -0.2) is 34.0 Å². The summed E-state index contributed by atoms with van der Waals surface area (Å²) in [5.41, 5.74) is 5.86. The van der Waals surface area contributed by atoms with Gasteiger partial charge < -0.3 is 21.1 Å². The molecule has 0 aromatic heterocycles. The second-order valence-electron chi connectivity index (χ2n) is 6.07. The van der Waals surface area contributed by atoms with Gasteiger partial charge in [0.15, 0.2) is 0 Å². The van der Waals surface area contributed by atoms with E-state index in [4.69, 9.17) is 5.73 Å². The fraction of sp³-hybridized carbons (Fsp3) is 0.467. The van der Waals surface area contributed by atoms with E-state index in [2.05, 4.69) is 5.32 Å². The Morgan fingerprint density at radius 2 is 2.10 bits per heavy atom. The smallest absolute Gasteiger partial charge is 0.312 e. The number of aromatic hydroxyl groups is 1. The highest BCUT2D eigenvalue weighted by atomic mass is 16.3. The van der Waals surface area contributed by atoms with E-state index >= 15 is 0 Å². The lowest BCUT2D eigenvalue weighted by molar-refractivity contribution is -0.173. The van der Waals surface area contributed by atoms with Gasteiger partial charge in [-0.3, -0.25) is 4.79 Å². The quantitative estimate of drug-likeness (QED) is 0.752. The normalized spacial score (nSPS) is 25.4. The van der Waals surface area contributed by atoms with Crippen LogP contribution >= 0.6 is 0 Å². The minimum absolute atomic E-state index is 0.0491. The second-order valence-corrected chi connectivity index (χ2v) is 6.07. The Morgan fingerprint density at radius 3 is 2.62 bits per heavy atom. The second kappa shape index (κ2) is 4.95. The SMILES string of the molecule is NC(=O)NCC(=O)N(Cc1cccc(O)c1)C12CC(C1)C2. The molecule has 3 amide bonds. The highest BCUT2D eigenvalue weighted by Gasteiger charge is 2.60. The molecule has 3 aliphatic rings. The molecule has 0 aliphatic heterocycles. The van der Waals surface area contributed by atoms with Crippen molar-refractivity contribution in [3.8, 4) is 5.75 Å². The van der Waals surface area contributed by atoms with E-state index in [-0.39, 0.29) is 23.7 Å². The maximum atomic E-state index is 12.4. The van der Waals surface area contributed by atoms with Crippen molar-refractivity contribution in [2.24, 2.45) is 11.7 Å². The molecule has 4 rings (SSSR count). The number of primary amides is 1. The molecule has 0 saturated heterocycles. The Kier molecular flexibility index (Phi) is 3.23. The van der Waals surface area contributed by atoms with Crippen molar-refractivity contribution in [2.45, 2.75) is 31.3 Å². The molecule has 0 unspecified atom stereocenters. The highest BCUT2D eigenvalue weighted by molar-refractivity contribution is 5.84. The summed E-state index contributed by atoms with van der Waals surface area (Å²) in [7, 11) is 0. The number of hydrogen-bond donors (Lipinski definition) is 3. The van der Waals surface area contributed by atoms with Crippen LogP contribution in [0, 0.1) is 5.92 Å². The number of nitrogens with two attached hydrogens (primary N) is 1. The Morgan fingerprint density at radius 1 is 1.38 bits per heavy atom. The number of phenols is 1. The largest absolute Gasteiger partial charge is 0.508 e. The van der Waals surface area contributed by atoms with Gasteiger partial charge in [-0.1, -0.05) is 12.1 Å². The van der Waals surface area contributed by atoms with Crippen LogP contribution in [0.15, 0.2) is 24.3 Å². The van der Waals surface area contributed by atoms with Crippen LogP contribution < -0.4 is 11.1 Å². The van der Waals surface area contributed by atoms with E-state index in [1.807, 2.05) is 11.0 Å². The highest BCUT2D eigenvalue weighted by Crippen LogP contribution is 2.60. The van der Waals surface area contributed by atoms with Crippen LogP contribution in [0.1, 0.15) is 24.8 Å². The maximum Gasteiger partial charge on any atom is 0.312 e. The first-order chi connectivity index (χ1) is 9.98. The predicted molar refractivity (Wildman–Crippen MR) is 76.3 cm³/mol. The molecule has 6 nitrogen and oxygen atoms in total. The summed E-state index contributed by atoms with van der Waals surface area (Å²) >= 11 is 0. The Balaban J connectivity index is 1.73. The zero-order valence-electron chi connectivity index (χ0n) is 11.7. The van der Waals surface area contributed by atoms with E-state index < -0.39 is 6.03 Å². The molecular weight excluding hydrogens is 270 g/mol. The summed E-state index contributed by atoms with van der Waals surface area (Å²) in [6.45, 7) is 0.362. The monoisotopic (exact) mass is 289 g/mol. The van der Waals surface area contributed by atoms with Gasteiger partial charge in [0.2, 0.25) is 5.91 Å². The fourth-order valence-corrected chi connectivity index (χ4v) is 3.38. The first kappa shape index (κ1) is 13.7. The third kappa shape index (κ3) is 2.53. The first-order valence-corrected chi connectivity index (χ1v) is 7.10. The molecule has 2 bridgehead atoms. The molecular formula is C15H19N3O3. The van der Waals surface area contributed by atoms with Crippen molar-refractivity contribution in [3.63, 3.8) is 0 Å². The third-order valence-corrected chi connectivity index (χ3v) is 4.54. The standard InChI is InChI=1S/C15H19N3O3/c16-14(21)17-8-13(20)18(15-5-11(6-15)7-15)9-10-2-1-3-12(19)4-10/h1-4,11,19H,5-9H2,(H3,16,17,21). The number of nitrogens with zero attached hydrogens (tertiary/aromatic N) is 1. The number of amides is 3. The van der Waals surface area contributed by atoms with Gasteiger partial charge in [0, 0.05) is 12.1 Å². The van der Waals surface area contributed by atoms with E-state index in [9.17, 15) is 14.7 Å². The Hall–Kier alpha value is -2.24. The summed E-state index contributed by atoms with van der Waals surface area (Å²) in [6.07, 6.45) is 3.11. The van der Waals surface area contributed by atoms with E-state index in [1.165, 1.54) is 0 Å². The molecule has 0 heterocycles. The Bertz CT molecular complexity index is 570. The minimum Gasteiger partial charge on any atom is -0.508 e. The Labute approximate surface area is 122 Å². The molecule has 21 heavy (non-hydrogen) atoms. The van der Waals surface area contributed by atoms with Crippen LogP contribution in [-0.2, 0) is 11.3 Å². The van der Waals surface area contributed by atoms with Gasteiger partial charge in [0.25, 0.3) is 0 Å². The van der Waals surface area contributed by atoms with Crippen LogP contribution in [0.2, 0.25) is 0 Å². The third-order valence-electron chi connectivity index (χ3n) is 4.54. The van der Waals surface area contributed by atoms with Crippen molar-refractivity contribution in [1.82, 2.24) is 10.2 Å². The molecule has 1 aromatic rings. The summed E-state index contributed by atoms with van der Waals surface area (Å²) in [5.74, 6) is 0.802. The number of nitrogens with one attached hydrogen (secondary N) is 1. The zero-order valence-corrected chi connectivity index (χ0v) is 11.7. The number of carbonyl (C=O) groups is 2. The van der Waals surface area contributed by atoms with E-state index in [0.717, 1.165) is 30.7 Å². The van der Waals surface area contributed by atoms with E-state index in [0.29, 0.717) is 6.54 Å². The molecule has 3 aliphatic carbocycles. The molecule has 0 radical (unpaired) electrons. The number of benzene rings is 1. The minimum atomic E-state index is -0.696. The van der Waals surface area contributed by atoms with Gasteiger partial charge in [0.05, 0.1) is 6.54 Å². The van der Waals surface area contributed by atoms with E-state index in [1.54, 1.807) is 18.2 Å². The van der Waals surface area contributed by atoms with Crippen molar-refractivity contribution in [3.05, 3.63) is 29.8 Å². The maximum absolute atomic E-state index is 12.4. The van der Waals surface area contributed by atoms with Gasteiger partial charge >= 0.3 is 6.03 Å². The number of phenolic OH excluding ortho intramolecular Hbond substituents is 1. The predicted octanol–water partition coefficient (Wildman–Crippen LogP) is 0.942. The number of rotatable bonds is 5. The molecule has 1 aromatic carbocycles. The van der Waals surface area contributed by atoms with Gasteiger partial charge in [-0.15, -0.1) is 0 Å². The average molecular weight is 289 g/mol. The fourth-order valence-electron chi connectivity index (χ4n) is 3.38. The number of urea groups is 1. The van der Waals surface area contributed by atoms with Crippen molar-refractivity contribution < 1.29 is 14.7 Å². The van der Waals surface area contributed by atoms with Crippen LogP contribution in [0.3, 0.4) is 0 Å². The van der Waals surface area contributed by atoms with Crippen LogP contribution in [0.4, 0.5) is 4.79 Å². The average Bonchev–Trinajstić information content (AvgIpc) is 2.31. The summed E-state index contributed by atoms with van der Waals surface area (Å²) in [4.78, 5) is 25.0. The lowest BCUT2D eigenvalue weighted by atomic mass is 9.49. The number of carbonyl (C=O) groups excluding carboxylic acids is 2. The topological polar surface area (TPSA) is 95.7 Å². The summed E-state index contributed by atoms with van der Waals surface area (Å²) < 4.78 is 0. The lowest BCUT2D eigenvalue weighted by Crippen LogP contribution is -2.70. The van der Waals surface area contributed by atoms with Gasteiger partial charge in [0.1, 0.15) is 5.75 Å². The molecule has 0 spiro atoms. The van der Waals surface area contributed by atoms with Crippen molar-refractivity contribution in [2.75, 3.05) is 6.54 Å². The van der Waals surface area contributed by atoms with Crippen LogP contribution in [0.25, 0.3) is 0 Å². The molecule has 4 N–H and O–H groups in total. The molecule has 3 saturated carbocycles. The zero-order chi connectivity index (χ0) is 15.0. The van der Waals surface area contributed by atoms with Crippen molar-refractivity contribution >= 4 is 11.9 Å². The molecule has 6 heteroatoms. The first-order valence-electron chi connectivity index (χ1n) is 7.10. The lowest BCUT2D eigenvalue weighted by Gasteiger charge is -2.66.